The fraction of sp³-hybridized carbons (Fsp3) is 0.562. The van der Waals surface area contributed by atoms with Crippen molar-refractivity contribution in [3.05, 3.63) is 28.0 Å². The summed E-state index contributed by atoms with van der Waals surface area (Å²) in [6.07, 6.45) is 4.54. The van der Waals surface area contributed by atoms with Crippen LogP contribution in [-0.2, 0) is 4.79 Å². The van der Waals surface area contributed by atoms with Gasteiger partial charge in [-0.25, -0.2) is 4.39 Å². The molecule has 21 heavy (non-hydrogen) atoms. The molecule has 2 rings (SSSR count). The minimum atomic E-state index is -0.345. The van der Waals surface area contributed by atoms with Crippen LogP contribution in [-0.4, -0.2) is 29.9 Å². The van der Waals surface area contributed by atoms with Crippen LogP contribution in [0.1, 0.15) is 38.2 Å². The number of nitrogens with zero attached hydrogens (tertiary/aromatic N) is 1. The first kappa shape index (κ1) is 16.3. The Hall–Kier alpha value is -1.10. The third-order valence-corrected chi connectivity index (χ3v) is 4.54. The molecule has 1 fully saturated rings. The zero-order valence-electron chi connectivity index (χ0n) is 12.6. The van der Waals surface area contributed by atoms with Gasteiger partial charge in [-0.3, -0.25) is 4.79 Å². The van der Waals surface area contributed by atoms with Crippen molar-refractivity contribution in [1.29, 1.82) is 0 Å². The summed E-state index contributed by atoms with van der Waals surface area (Å²) in [6.45, 7) is 5.40. The number of nitrogens with one attached hydrogen (secondary N) is 1. The van der Waals surface area contributed by atoms with Crippen LogP contribution in [0, 0.1) is 12.7 Å². The van der Waals surface area contributed by atoms with Gasteiger partial charge in [-0.15, -0.1) is 0 Å². The fourth-order valence-corrected chi connectivity index (χ4v) is 3.12. The summed E-state index contributed by atoms with van der Waals surface area (Å²) in [5.41, 5.74) is 1.59. The average Bonchev–Trinajstić information content (AvgIpc) is 2.72. The molecule has 1 aliphatic rings. The molecule has 1 aliphatic heterocycles. The molecule has 0 bridgehead atoms. The first-order valence-corrected chi connectivity index (χ1v) is 8.29. The van der Waals surface area contributed by atoms with Crippen molar-refractivity contribution < 1.29 is 9.18 Å². The maximum absolute atomic E-state index is 13.6. The van der Waals surface area contributed by atoms with Crippen molar-refractivity contribution in [3.8, 4) is 0 Å². The van der Waals surface area contributed by atoms with E-state index in [0.717, 1.165) is 31.5 Å². The zero-order valence-corrected chi connectivity index (χ0v) is 14.2. The molecule has 1 unspecified atom stereocenters. The Morgan fingerprint density at radius 3 is 2.52 bits per heavy atom. The van der Waals surface area contributed by atoms with E-state index in [4.69, 9.17) is 0 Å². The lowest BCUT2D eigenvalue weighted by Gasteiger charge is -2.25. The highest BCUT2D eigenvalue weighted by Crippen LogP contribution is 2.24. The second kappa shape index (κ2) is 7.25. The van der Waals surface area contributed by atoms with Gasteiger partial charge in [0.05, 0.1) is 4.47 Å². The molecular formula is C16H22BrFN2O. The second-order valence-electron chi connectivity index (χ2n) is 5.69. The summed E-state index contributed by atoms with van der Waals surface area (Å²) in [5, 5.41) is 3.14. The third-order valence-electron chi connectivity index (χ3n) is 3.93. The van der Waals surface area contributed by atoms with Gasteiger partial charge < -0.3 is 10.2 Å². The largest absolute Gasteiger partial charge is 0.374 e. The lowest BCUT2D eigenvalue weighted by molar-refractivity contribution is -0.131. The number of amides is 1. The minimum absolute atomic E-state index is 0.0969. The molecule has 0 aromatic heterocycles. The van der Waals surface area contributed by atoms with Gasteiger partial charge in [-0.1, -0.05) is 12.8 Å². The van der Waals surface area contributed by atoms with Gasteiger partial charge in [-0.2, -0.15) is 0 Å². The molecule has 1 aromatic rings. The SMILES string of the molecule is Cc1cc(Br)c(F)cc1NC(C)C(=O)N1CCCCCC1. The fourth-order valence-electron chi connectivity index (χ4n) is 2.66. The van der Waals surface area contributed by atoms with Gasteiger partial charge >= 0.3 is 0 Å². The number of carbonyl (C=O) groups excluding carboxylic acids is 1. The highest BCUT2D eigenvalue weighted by molar-refractivity contribution is 9.10. The molecule has 1 saturated heterocycles. The predicted molar refractivity (Wildman–Crippen MR) is 87.0 cm³/mol. The molecule has 1 atom stereocenters. The van der Waals surface area contributed by atoms with Crippen LogP contribution in [0.3, 0.4) is 0 Å². The average molecular weight is 357 g/mol. The predicted octanol–water partition coefficient (Wildman–Crippen LogP) is 4.10. The van der Waals surface area contributed by atoms with E-state index < -0.39 is 0 Å². The summed E-state index contributed by atoms with van der Waals surface area (Å²) in [7, 11) is 0. The van der Waals surface area contributed by atoms with Gasteiger partial charge in [0.25, 0.3) is 0 Å². The van der Waals surface area contributed by atoms with E-state index in [1.165, 1.54) is 18.9 Å². The number of rotatable bonds is 3. The summed E-state index contributed by atoms with van der Waals surface area (Å²) in [5.74, 6) is -0.225. The maximum atomic E-state index is 13.6. The lowest BCUT2D eigenvalue weighted by Crippen LogP contribution is -2.42. The number of aryl methyl sites for hydroxylation is 1. The Morgan fingerprint density at radius 1 is 1.29 bits per heavy atom. The smallest absolute Gasteiger partial charge is 0.244 e. The van der Waals surface area contributed by atoms with Crippen LogP contribution in [0.15, 0.2) is 16.6 Å². The van der Waals surface area contributed by atoms with Gasteiger partial charge in [0.1, 0.15) is 11.9 Å². The van der Waals surface area contributed by atoms with Gasteiger partial charge in [0.15, 0.2) is 0 Å². The Bertz CT molecular complexity index is 513. The van der Waals surface area contributed by atoms with Crippen LogP contribution in [0.25, 0.3) is 0 Å². The van der Waals surface area contributed by atoms with E-state index in [0.29, 0.717) is 10.2 Å². The number of hydrogen-bond acceptors (Lipinski definition) is 2. The van der Waals surface area contributed by atoms with Crippen LogP contribution < -0.4 is 5.32 Å². The summed E-state index contributed by atoms with van der Waals surface area (Å²) >= 11 is 3.17. The van der Waals surface area contributed by atoms with E-state index >= 15 is 0 Å². The zero-order chi connectivity index (χ0) is 15.4. The number of hydrogen-bond donors (Lipinski definition) is 1. The second-order valence-corrected chi connectivity index (χ2v) is 6.54. The number of halogens is 2. The van der Waals surface area contributed by atoms with Gasteiger partial charge in [0.2, 0.25) is 5.91 Å². The molecule has 0 radical (unpaired) electrons. The molecule has 0 saturated carbocycles. The van der Waals surface area contributed by atoms with Crippen molar-refractivity contribution in [2.75, 3.05) is 18.4 Å². The van der Waals surface area contributed by atoms with E-state index in [-0.39, 0.29) is 17.8 Å². The van der Waals surface area contributed by atoms with Crippen molar-refractivity contribution in [3.63, 3.8) is 0 Å². The van der Waals surface area contributed by atoms with Crippen molar-refractivity contribution >= 4 is 27.5 Å². The molecule has 5 heteroatoms. The number of carbonyl (C=O) groups is 1. The summed E-state index contributed by atoms with van der Waals surface area (Å²) in [6, 6.07) is 2.81. The van der Waals surface area contributed by atoms with E-state index in [1.807, 2.05) is 18.7 Å². The molecule has 116 valence electrons. The topological polar surface area (TPSA) is 32.3 Å². The van der Waals surface area contributed by atoms with Crippen molar-refractivity contribution in [2.24, 2.45) is 0 Å². The molecular weight excluding hydrogens is 335 g/mol. The van der Waals surface area contributed by atoms with E-state index in [9.17, 15) is 9.18 Å². The molecule has 1 aromatic carbocycles. The van der Waals surface area contributed by atoms with Crippen molar-refractivity contribution in [2.45, 2.75) is 45.6 Å². The van der Waals surface area contributed by atoms with E-state index in [1.54, 1.807) is 6.07 Å². The molecule has 1 heterocycles. The monoisotopic (exact) mass is 356 g/mol. The Kier molecular flexibility index (Phi) is 5.62. The highest BCUT2D eigenvalue weighted by atomic mass is 79.9. The molecule has 3 nitrogen and oxygen atoms in total. The van der Waals surface area contributed by atoms with Crippen LogP contribution in [0.4, 0.5) is 10.1 Å². The first-order chi connectivity index (χ1) is 9.99. The number of likely N-dealkylation sites (tertiary alicyclic amines) is 1. The van der Waals surface area contributed by atoms with Crippen molar-refractivity contribution in [1.82, 2.24) is 4.90 Å². The summed E-state index contributed by atoms with van der Waals surface area (Å²) < 4.78 is 14.1. The standard InChI is InChI=1S/C16H22BrFN2O/c1-11-9-13(17)14(18)10-15(11)19-12(2)16(21)20-7-5-3-4-6-8-20/h9-10,12,19H,3-8H2,1-2H3. The molecule has 1 N–H and O–H groups in total. The Balaban J connectivity index is 2.04. The Labute approximate surface area is 134 Å². The first-order valence-electron chi connectivity index (χ1n) is 7.50. The normalized spacial score (nSPS) is 17.2. The van der Waals surface area contributed by atoms with Gasteiger partial charge in [0, 0.05) is 18.8 Å². The Morgan fingerprint density at radius 2 is 1.90 bits per heavy atom. The number of benzene rings is 1. The van der Waals surface area contributed by atoms with E-state index in [2.05, 4.69) is 21.2 Å². The van der Waals surface area contributed by atoms with Gasteiger partial charge in [-0.05, 0) is 60.3 Å². The van der Waals surface area contributed by atoms with Crippen LogP contribution in [0.2, 0.25) is 0 Å². The van der Waals surface area contributed by atoms with Crippen LogP contribution >= 0.6 is 15.9 Å². The highest BCUT2D eigenvalue weighted by Gasteiger charge is 2.22. The molecule has 0 aliphatic carbocycles. The molecule has 0 spiro atoms. The number of anilines is 1. The maximum Gasteiger partial charge on any atom is 0.244 e. The molecule has 1 amide bonds. The lowest BCUT2D eigenvalue weighted by atomic mass is 10.1. The van der Waals surface area contributed by atoms with Crippen LogP contribution in [0.5, 0.6) is 0 Å². The third kappa shape index (κ3) is 4.19. The quantitative estimate of drug-likeness (QED) is 0.883. The summed E-state index contributed by atoms with van der Waals surface area (Å²) in [4.78, 5) is 14.4. The minimum Gasteiger partial charge on any atom is -0.374 e.